The summed E-state index contributed by atoms with van der Waals surface area (Å²) in [4.78, 5) is 4.20. The van der Waals surface area contributed by atoms with Crippen LogP contribution in [-0.2, 0) is 0 Å². The van der Waals surface area contributed by atoms with E-state index < -0.39 is 0 Å². The molecule has 0 spiro atoms. The first-order valence-electron chi connectivity index (χ1n) is 4.29. The maximum atomic E-state index is 8.88. The van der Waals surface area contributed by atoms with E-state index in [1.807, 2.05) is 12.1 Å². The summed E-state index contributed by atoms with van der Waals surface area (Å²) in [6, 6.07) is 6.08. The third-order valence-electron chi connectivity index (χ3n) is 1.84. The molecule has 0 fully saturated rings. The number of aromatic nitrogens is 1. The molecule has 1 unspecified atom stereocenters. The number of rotatable bonds is 3. The third-order valence-corrected chi connectivity index (χ3v) is 2.31. The van der Waals surface area contributed by atoms with Gasteiger partial charge < -0.3 is 0 Å². The van der Waals surface area contributed by atoms with Gasteiger partial charge in [0.2, 0.25) is 0 Å². The summed E-state index contributed by atoms with van der Waals surface area (Å²) in [6.07, 6.45) is 3.62. The van der Waals surface area contributed by atoms with Gasteiger partial charge in [0, 0.05) is 10.7 Å². The highest BCUT2D eigenvalue weighted by Gasteiger charge is 2.09. The van der Waals surface area contributed by atoms with Crippen LogP contribution in [0.25, 0.3) is 0 Å². The Hall–Kier alpha value is -0.880. The molecule has 1 heterocycles. The zero-order valence-corrected chi connectivity index (χ0v) is 9.08. The second kappa shape index (κ2) is 4.98. The molecule has 13 heavy (non-hydrogen) atoms. The van der Waals surface area contributed by atoms with Crippen molar-refractivity contribution in [2.75, 3.05) is 0 Å². The van der Waals surface area contributed by atoms with E-state index in [1.165, 1.54) is 0 Å². The van der Waals surface area contributed by atoms with Gasteiger partial charge in [-0.1, -0.05) is 13.3 Å². The summed E-state index contributed by atoms with van der Waals surface area (Å²) >= 11 is 3.31. The van der Waals surface area contributed by atoms with Crippen LogP contribution >= 0.6 is 15.9 Å². The molecule has 0 aliphatic heterocycles. The zero-order chi connectivity index (χ0) is 9.68. The van der Waals surface area contributed by atoms with Crippen molar-refractivity contribution in [2.24, 2.45) is 0 Å². The number of hydrogen-bond donors (Lipinski definition) is 0. The van der Waals surface area contributed by atoms with Gasteiger partial charge in [-0.05, 0) is 34.5 Å². The summed E-state index contributed by atoms with van der Waals surface area (Å²) in [5.74, 6) is -0.0573. The smallest absolute Gasteiger partial charge is 0.0884 e. The predicted octanol–water partition coefficient (Wildman–Crippen LogP) is 3.25. The molecule has 3 heteroatoms. The lowest BCUT2D eigenvalue weighted by molar-refractivity contribution is 0.708. The van der Waals surface area contributed by atoms with Crippen molar-refractivity contribution in [3.8, 4) is 6.07 Å². The Bertz CT molecular complexity index is 300. The molecule has 0 radical (unpaired) electrons. The highest BCUT2D eigenvalue weighted by molar-refractivity contribution is 9.10. The lowest BCUT2D eigenvalue weighted by Crippen LogP contribution is -1.97. The van der Waals surface area contributed by atoms with Crippen LogP contribution in [0.4, 0.5) is 0 Å². The van der Waals surface area contributed by atoms with Gasteiger partial charge in [0.05, 0.1) is 17.7 Å². The maximum absolute atomic E-state index is 8.88. The summed E-state index contributed by atoms with van der Waals surface area (Å²) < 4.78 is 0.949. The highest BCUT2D eigenvalue weighted by Crippen LogP contribution is 2.19. The van der Waals surface area contributed by atoms with E-state index in [4.69, 9.17) is 5.26 Å². The molecule has 0 aliphatic rings. The van der Waals surface area contributed by atoms with Gasteiger partial charge >= 0.3 is 0 Å². The molecule has 0 aliphatic carbocycles. The first-order valence-corrected chi connectivity index (χ1v) is 5.08. The van der Waals surface area contributed by atoms with Crippen LogP contribution in [0.1, 0.15) is 31.4 Å². The molecule has 0 bridgehead atoms. The third kappa shape index (κ3) is 2.82. The standard InChI is InChI=1S/C10H11BrN2/c1-2-3-8(6-12)10-5-4-9(11)7-13-10/h4-5,7-8H,2-3H2,1H3. The van der Waals surface area contributed by atoms with Gasteiger partial charge in [-0.2, -0.15) is 5.26 Å². The molecule has 2 nitrogen and oxygen atoms in total. The molecule has 1 rings (SSSR count). The molecular weight excluding hydrogens is 228 g/mol. The summed E-state index contributed by atoms with van der Waals surface area (Å²) in [5.41, 5.74) is 0.868. The van der Waals surface area contributed by atoms with Crippen molar-refractivity contribution < 1.29 is 0 Å². The first-order chi connectivity index (χ1) is 6.27. The van der Waals surface area contributed by atoms with Gasteiger partial charge in [-0.15, -0.1) is 0 Å². The molecule has 0 aromatic carbocycles. The fraction of sp³-hybridized carbons (Fsp3) is 0.400. The van der Waals surface area contributed by atoms with Gasteiger partial charge in [0.1, 0.15) is 0 Å². The Morgan fingerprint density at radius 3 is 2.85 bits per heavy atom. The second-order valence-corrected chi connectivity index (χ2v) is 3.79. The van der Waals surface area contributed by atoms with E-state index >= 15 is 0 Å². The molecule has 0 amide bonds. The molecule has 1 atom stereocenters. The van der Waals surface area contributed by atoms with Gasteiger partial charge in [0.25, 0.3) is 0 Å². The SMILES string of the molecule is CCCC(C#N)c1ccc(Br)cn1. The minimum atomic E-state index is -0.0573. The molecule has 68 valence electrons. The highest BCUT2D eigenvalue weighted by atomic mass is 79.9. The lowest BCUT2D eigenvalue weighted by Gasteiger charge is -2.05. The van der Waals surface area contributed by atoms with Crippen molar-refractivity contribution in [2.45, 2.75) is 25.7 Å². The number of hydrogen-bond acceptors (Lipinski definition) is 2. The molecular formula is C10H11BrN2. The quantitative estimate of drug-likeness (QED) is 0.811. The monoisotopic (exact) mass is 238 g/mol. The molecule has 0 saturated heterocycles. The van der Waals surface area contributed by atoms with Crippen molar-refractivity contribution in [1.82, 2.24) is 4.98 Å². The minimum absolute atomic E-state index is 0.0573. The zero-order valence-electron chi connectivity index (χ0n) is 7.50. The topological polar surface area (TPSA) is 36.7 Å². The number of halogens is 1. The van der Waals surface area contributed by atoms with E-state index in [2.05, 4.69) is 33.9 Å². The van der Waals surface area contributed by atoms with Gasteiger partial charge in [-0.3, -0.25) is 4.98 Å². The van der Waals surface area contributed by atoms with Crippen molar-refractivity contribution in [3.05, 3.63) is 28.5 Å². The number of pyridine rings is 1. The van der Waals surface area contributed by atoms with Crippen LogP contribution in [0.2, 0.25) is 0 Å². The van der Waals surface area contributed by atoms with Crippen LogP contribution in [0.5, 0.6) is 0 Å². The first kappa shape index (κ1) is 10.2. The van der Waals surface area contributed by atoms with Gasteiger partial charge in [-0.25, -0.2) is 0 Å². The Kier molecular flexibility index (Phi) is 3.91. The summed E-state index contributed by atoms with van der Waals surface area (Å²) in [5, 5.41) is 8.88. The lowest BCUT2D eigenvalue weighted by atomic mass is 10.0. The second-order valence-electron chi connectivity index (χ2n) is 2.87. The average Bonchev–Trinajstić information content (AvgIpc) is 2.16. The van der Waals surface area contributed by atoms with Crippen molar-refractivity contribution in [3.63, 3.8) is 0 Å². The molecule has 0 saturated carbocycles. The predicted molar refractivity (Wildman–Crippen MR) is 55.2 cm³/mol. The number of nitriles is 1. The minimum Gasteiger partial charge on any atom is -0.259 e. The van der Waals surface area contributed by atoms with E-state index in [-0.39, 0.29) is 5.92 Å². The largest absolute Gasteiger partial charge is 0.259 e. The average molecular weight is 239 g/mol. The maximum Gasteiger partial charge on any atom is 0.0884 e. The molecule has 1 aromatic heterocycles. The Morgan fingerprint density at radius 2 is 2.38 bits per heavy atom. The van der Waals surface area contributed by atoms with Crippen molar-refractivity contribution in [1.29, 1.82) is 5.26 Å². The van der Waals surface area contributed by atoms with E-state index in [0.717, 1.165) is 23.0 Å². The van der Waals surface area contributed by atoms with Crippen molar-refractivity contribution >= 4 is 15.9 Å². The van der Waals surface area contributed by atoms with Crippen LogP contribution in [0.15, 0.2) is 22.8 Å². The summed E-state index contributed by atoms with van der Waals surface area (Å²) in [7, 11) is 0. The van der Waals surface area contributed by atoms with Crippen LogP contribution in [0.3, 0.4) is 0 Å². The Labute approximate surface area is 86.7 Å². The molecule has 0 N–H and O–H groups in total. The van der Waals surface area contributed by atoms with Crippen LogP contribution in [-0.4, -0.2) is 4.98 Å². The fourth-order valence-corrected chi connectivity index (χ4v) is 1.40. The Morgan fingerprint density at radius 1 is 1.62 bits per heavy atom. The van der Waals surface area contributed by atoms with Crippen LogP contribution < -0.4 is 0 Å². The Balaban J connectivity index is 2.81. The van der Waals surface area contributed by atoms with E-state index in [0.29, 0.717) is 0 Å². The molecule has 1 aromatic rings. The normalized spacial score (nSPS) is 12.1. The van der Waals surface area contributed by atoms with E-state index in [9.17, 15) is 0 Å². The van der Waals surface area contributed by atoms with Crippen LogP contribution in [0, 0.1) is 11.3 Å². The fourth-order valence-electron chi connectivity index (χ4n) is 1.16. The van der Waals surface area contributed by atoms with E-state index in [1.54, 1.807) is 6.20 Å². The number of nitrogens with zero attached hydrogens (tertiary/aromatic N) is 2. The van der Waals surface area contributed by atoms with Gasteiger partial charge in [0.15, 0.2) is 0 Å². The summed E-state index contributed by atoms with van der Waals surface area (Å²) in [6.45, 7) is 2.07.